The average molecular weight is 347 g/mol. The van der Waals surface area contributed by atoms with Gasteiger partial charge in [-0.25, -0.2) is 4.39 Å². The molecule has 2 rings (SSSR count). The monoisotopic (exact) mass is 346 g/mol. The van der Waals surface area contributed by atoms with E-state index < -0.39 is 5.82 Å². The number of carbonyl (C=O) groups is 2. The second kappa shape index (κ2) is 5.50. The van der Waals surface area contributed by atoms with Crippen LogP contribution in [0.3, 0.4) is 0 Å². The van der Waals surface area contributed by atoms with Crippen molar-refractivity contribution in [1.29, 1.82) is 0 Å². The van der Waals surface area contributed by atoms with Crippen LogP contribution in [0.2, 0.25) is 0 Å². The van der Waals surface area contributed by atoms with E-state index in [9.17, 15) is 14.0 Å². The van der Waals surface area contributed by atoms with Gasteiger partial charge in [0.05, 0.1) is 5.69 Å². The Morgan fingerprint density at radius 1 is 1.58 bits per heavy atom. The van der Waals surface area contributed by atoms with Crippen LogP contribution in [0, 0.1) is 5.82 Å². The Labute approximate surface area is 122 Å². The van der Waals surface area contributed by atoms with Gasteiger partial charge in [0.15, 0.2) is 5.12 Å². The Morgan fingerprint density at radius 2 is 2.26 bits per heavy atom. The zero-order chi connectivity index (χ0) is 14.2. The van der Waals surface area contributed by atoms with E-state index in [1.807, 2.05) is 0 Å². The molecule has 0 radical (unpaired) electrons. The van der Waals surface area contributed by atoms with E-state index in [1.54, 1.807) is 6.07 Å². The van der Waals surface area contributed by atoms with Crippen molar-refractivity contribution in [1.82, 2.24) is 0 Å². The molecule has 1 aromatic rings. The first kappa shape index (κ1) is 14.3. The number of halogens is 2. The summed E-state index contributed by atoms with van der Waals surface area (Å²) in [6.07, 6.45) is 0.221. The molecule has 1 unspecified atom stereocenters. The van der Waals surface area contributed by atoms with Crippen LogP contribution in [-0.2, 0) is 9.59 Å². The molecular formula is C12H12BrFN2O2S. The second-order valence-electron chi connectivity index (χ2n) is 4.27. The van der Waals surface area contributed by atoms with Crippen molar-refractivity contribution in [3.8, 4) is 0 Å². The highest BCUT2D eigenvalue weighted by Crippen LogP contribution is 2.35. The molecule has 1 heterocycles. The fourth-order valence-corrected chi connectivity index (χ4v) is 3.44. The minimum atomic E-state index is -0.548. The first-order valence-corrected chi connectivity index (χ1v) is 7.28. The van der Waals surface area contributed by atoms with Crippen molar-refractivity contribution < 1.29 is 14.0 Å². The third-order valence-corrected chi connectivity index (χ3v) is 4.19. The lowest BCUT2D eigenvalue weighted by molar-refractivity contribution is -0.117. The molecule has 7 heteroatoms. The molecule has 0 aliphatic carbocycles. The van der Waals surface area contributed by atoms with E-state index in [0.717, 1.165) is 11.8 Å². The summed E-state index contributed by atoms with van der Waals surface area (Å²) in [5.74, 6) is -0.764. The molecular weight excluding hydrogens is 335 g/mol. The zero-order valence-corrected chi connectivity index (χ0v) is 12.6. The Balaban J connectivity index is 2.28. The fourth-order valence-electron chi connectivity index (χ4n) is 2.08. The summed E-state index contributed by atoms with van der Waals surface area (Å²) in [6.45, 7) is 1.75. The predicted octanol–water partition coefficient (Wildman–Crippen LogP) is 2.56. The third kappa shape index (κ3) is 3.09. The molecule has 1 saturated heterocycles. The minimum Gasteiger partial charge on any atom is -0.397 e. The lowest BCUT2D eigenvalue weighted by atomic mass is 10.2. The van der Waals surface area contributed by atoms with E-state index >= 15 is 0 Å². The maximum atomic E-state index is 13.9. The second-order valence-corrected chi connectivity index (χ2v) is 6.66. The van der Waals surface area contributed by atoms with Crippen molar-refractivity contribution in [3.05, 3.63) is 22.4 Å². The molecule has 2 N–H and O–H groups in total. The van der Waals surface area contributed by atoms with Crippen LogP contribution in [0.25, 0.3) is 0 Å². The standard InChI is InChI=1S/C12H12BrFN2O2S/c1-6(17)19-8-4-11(18)16(5-8)12-9(14)2-7(13)3-10(12)15/h2-3,8H,4-5,15H2,1H3. The van der Waals surface area contributed by atoms with Crippen LogP contribution >= 0.6 is 27.7 Å². The van der Waals surface area contributed by atoms with Gasteiger partial charge in [-0.05, 0) is 12.1 Å². The molecule has 0 aromatic heterocycles. The molecule has 1 aromatic carbocycles. The van der Waals surface area contributed by atoms with Gasteiger partial charge in [-0.3, -0.25) is 9.59 Å². The summed E-state index contributed by atoms with van der Waals surface area (Å²) in [5, 5.41) is -0.198. The number of hydrogen-bond acceptors (Lipinski definition) is 4. The normalized spacial score (nSPS) is 19.0. The summed E-state index contributed by atoms with van der Waals surface area (Å²) < 4.78 is 14.5. The number of carbonyl (C=O) groups excluding carboxylic acids is 2. The van der Waals surface area contributed by atoms with Crippen molar-refractivity contribution in [3.63, 3.8) is 0 Å². The SMILES string of the molecule is CC(=O)SC1CC(=O)N(c2c(N)cc(Br)cc2F)C1. The van der Waals surface area contributed by atoms with Gasteiger partial charge in [0.25, 0.3) is 0 Å². The molecule has 1 atom stereocenters. The average Bonchev–Trinajstić information content (AvgIpc) is 2.57. The van der Waals surface area contributed by atoms with Gasteiger partial charge in [-0.2, -0.15) is 0 Å². The van der Waals surface area contributed by atoms with Crippen LogP contribution in [0.15, 0.2) is 16.6 Å². The molecule has 0 bridgehead atoms. The highest BCUT2D eigenvalue weighted by Gasteiger charge is 2.34. The number of hydrogen-bond donors (Lipinski definition) is 1. The number of amides is 1. The largest absolute Gasteiger partial charge is 0.397 e. The van der Waals surface area contributed by atoms with Gasteiger partial charge in [0.1, 0.15) is 11.5 Å². The van der Waals surface area contributed by atoms with Crippen molar-refractivity contribution in [2.75, 3.05) is 17.2 Å². The van der Waals surface area contributed by atoms with E-state index in [1.165, 1.54) is 17.9 Å². The number of nitrogens with two attached hydrogens (primary N) is 1. The lowest BCUT2D eigenvalue weighted by Gasteiger charge is -2.19. The molecule has 1 amide bonds. The Morgan fingerprint density at radius 3 is 2.84 bits per heavy atom. The van der Waals surface area contributed by atoms with Crippen LogP contribution in [-0.4, -0.2) is 22.8 Å². The minimum absolute atomic E-state index is 0.0519. The Kier molecular flexibility index (Phi) is 4.15. The van der Waals surface area contributed by atoms with Gasteiger partial charge in [-0.15, -0.1) is 0 Å². The molecule has 102 valence electrons. The molecule has 1 fully saturated rings. The van der Waals surface area contributed by atoms with Crippen molar-refractivity contribution >= 4 is 50.1 Å². The van der Waals surface area contributed by atoms with Gasteiger partial charge >= 0.3 is 0 Å². The summed E-state index contributed by atoms with van der Waals surface area (Å²) in [4.78, 5) is 24.3. The number of nitrogens with zero attached hydrogens (tertiary/aromatic N) is 1. The first-order valence-electron chi connectivity index (χ1n) is 5.60. The van der Waals surface area contributed by atoms with E-state index in [-0.39, 0.29) is 34.1 Å². The number of thioether (sulfide) groups is 1. The van der Waals surface area contributed by atoms with Crippen LogP contribution in [0.1, 0.15) is 13.3 Å². The first-order chi connectivity index (χ1) is 8.88. The number of nitrogen functional groups attached to an aromatic ring is 1. The maximum Gasteiger partial charge on any atom is 0.228 e. The van der Waals surface area contributed by atoms with Crippen LogP contribution < -0.4 is 10.6 Å². The summed E-state index contributed by atoms with van der Waals surface area (Å²) in [7, 11) is 0. The van der Waals surface area contributed by atoms with Gasteiger partial charge in [0.2, 0.25) is 5.91 Å². The summed E-state index contributed by atoms with van der Waals surface area (Å²) >= 11 is 4.25. The van der Waals surface area contributed by atoms with E-state index in [4.69, 9.17) is 5.73 Å². The van der Waals surface area contributed by atoms with E-state index in [0.29, 0.717) is 11.0 Å². The highest BCUT2D eigenvalue weighted by molar-refractivity contribution is 9.10. The topological polar surface area (TPSA) is 63.4 Å². The Bertz CT molecular complexity index is 530. The van der Waals surface area contributed by atoms with Gasteiger partial charge < -0.3 is 10.6 Å². The smallest absolute Gasteiger partial charge is 0.228 e. The maximum absolute atomic E-state index is 13.9. The number of benzene rings is 1. The van der Waals surface area contributed by atoms with Crippen LogP contribution in [0.4, 0.5) is 15.8 Å². The molecule has 1 aliphatic heterocycles. The Hall–Kier alpha value is -1.08. The van der Waals surface area contributed by atoms with E-state index in [2.05, 4.69) is 15.9 Å². The summed E-state index contributed by atoms with van der Waals surface area (Å²) in [5.41, 5.74) is 6.07. The highest BCUT2D eigenvalue weighted by atomic mass is 79.9. The van der Waals surface area contributed by atoms with Crippen molar-refractivity contribution in [2.45, 2.75) is 18.6 Å². The predicted molar refractivity (Wildman–Crippen MR) is 77.5 cm³/mol. The fraction of sp³-hybridized carbons (Fsp3) is 0.333. The molecule has 4 nitrogen and oxygen atoms in total. The molecule has 0 saturated carbocycles. The lowest BCUT2D eigenvalue weighted by Crippen LogP contribution is -2.27. The molecule has 1 aliphatic rings. The third-order valence-electron chi connectivity index (χ3n) is 2.75. The van der Waals surface area contributed by atoms with Crippen molar-refractivity contribution in [2.24, 2.45) is 0 Å². The zero-order valence-electron chi connectivity index (χ0n) is 10.2. The van der Waals surface area contributed by atoms with Gasteiger partial charge in [-0.1, -0.05) is 27.7 Å². The number of anilines is 2. The summed E-state index contributed by atoms with van der Waals surface area (Å²) in [6, 6.07) is 2.82. The van der Waals surface area contributed by atoms with Crippen LogP contribution in [0.5, 0.6) is 0 Å². The number of rotatable bonds is 2. The molecule has 19 heavy (non-hydrogen) atoms. The molecule has 0 spiro atoms. The van der Waals surface area contributed by atoms with Gasteiger partial charge in [0, 0.05) is 29.6 Å². The quantitative estimate of drug-likeness (QED) is 0.836.